The van der Waals surface area contributed by atoms with Crippen LogP contribution >= 0.6 is 23.2 Å². The molecule has 0 spiro atoms. The fraction of sp³-hybridized carbons (Fsp3) is 0.208. The van der Waals surface area contributed by atoms with Crippen LogP contribution in [0.3, 0.4) is 0 Å². The van der Waals surface area contributed by atoms with Gasteiger partial charge in [0.05, 0.1) is 21.2 Å². The monoisotopic (exact) mass is 526 g/mol. The molecule has 0 radical (unpaired) electrons. The predicted molar refractivity (Wildman–Crippen MR) is 127 cm³/mol. The molecule has 0 atom stereocenters. The smallest absolute Gasteiger partial charge is 0.317 e. The lowest BCUT2D eigenvalue weighted by Gasteiger charge is -2.19. The Morgan fingerprint density at radius 1 is 1.12 bits per heavy atom. The molecule has 1 heterocycles. The summed E-state index contributed by atoms with van der Waals surface area (Å²) in [6, 6.07) is 12.2. The molecule has 0 saturated carbocycles. The first kappa shape index (κ1) is 25.9. The van der Waals surface area contributed by atoms with E-state index in [0.717, 1.165) is 12.1 Å². The number of benzene rings is 2. The summed E-state index contributed by atoms with van der Waals surface area (Å²) in [6.45, 7) is 5.19. The van der Waals surface area contributed by atoms with E-state index < -0.39 is 26.5 Å². The Morgan fingerprint density at radius 2 is 1.76 bits per heavy atom. The van der Waals surface area contributed by atoms with Gasteiger partial charge in [0.25, 0.3) is 0 Å². The van der Waals surface area contributed by atoms with Crippen LogP contribution in [-0.4, -0.2) is 13.0 Å². The van der Waals surface area contributed by atoms with Gasteiger partial charge < -0.3 is 4.57 Å². The van der Waals surface area contributed by atoms with Crippen molar-refractivity contribution in [2.75, 3.05) is 0 Å². The van der Waals surface area contributed by atoms with Crippen molar-refractivity contribution < 1.29 is 21.6 Å². The van der Waals surface area contributed by atoms with Crippen molar-refractivity contribution in [1.82, 2.24) is 4.57 Å². The fourth-order valence-corrected chi connectivity index (χ4v) is 5.49. The van der Waals surface area contributed by atoms with Crippen molar-refractivity contribution in [2.45, 2.75) is 37.8 Å². The molecule has 10 heteroatoms. The average molecular weight is 527 g/mol. The summed E-state index contributed by atoms with van der Waals surface area (Å²) < 4.78 is 68.8. The van der Waals surface area contributed by atoms with Crippen molar-refractivity contribution >= 4 is 39.1 Å². The van der Waals surface area contributed by atoms with Gasteiger partial charge in [0.1, 0.15) is 11.0 Å². The summed E-state index contributed by atoms with van der Waals surface area (Å²) in [6.07, 6.45) is -3.45. The number of nitriles is 1. The molecule has 0 aliphatic carbocycles. The predicted octanol–water partition coefficient (Wildman–Crippen LogP) is 7.57. The van der Waals surface area contributed by atoms with Crippen LogP contribution in [-0.2, 0) is 16.0 Å². The number of para-hydroxylation sites is 1. The highest BCUT2D eigenvalue weighted by Crippen LogP contribution is 2.38. The summed E-state index contributed by atoms with van der Waals surface area (Å²) in [5.74, 6) is -0.199. The van der Waals surface area contributed by atoms with Crippen molar-refractivity contribution in [2.24, 2.45) is 0 Å². The van der Waals surface area contributed by atoms with E-state index in [1.807, 2.05) is 13.8 Å². The Kier molecular flexibility index (Phi) is 7.23. The van der Waals surface area contributed by atoms with Crippen molar-refractivity contribution in [3.63, 3.8) is 0 Å². The van der Waals surface area contributed by atoms with Gasteiger partial charge >= 0.3 is 6.18 Å². The Hall–Kier alpha value is -2.73. The van der Waals surface area contributed by atoms with Crippen LogP contribution in [0.15, 0.2) is 58.3 Å². The van der Waals surface area contributed by atoms with Crippen molar-refractivity contribution in [3.8, 4) is 11.8 Å². The lowest BCUT2D eigenvalue weighted by molar-refractivity contribution is -0.137. The van der Waals surface area contributed by atoms with E-state index in [4.69, 9.17) is 23.2 Å². The molecule has 0 fully saturated rings. The van der Waals surface area contributed by atoms with Crippen LogP contribution in [0.2, 0.25) is 10.0 Å². The minimum atomic E-state index is -4.59. The zero-order valence-electron chi connectivity index (χ0n) is 18.3. The van der Waals surface area contributed by atoms with Gasteiger partial charge in [-0.1, -0.05) is 49.2 Å². The molecule has 0 N–H and O–H groups in total. The van der Waals surface area contributed by atoms with Gasteiger partial charge in [-0.25, -0.2) is 8.42 Å². The van der Waals surface area contributed by atoms with Gasteiger partial charge in [-0.05, 0) is 60.9 Å². The maximum Gasteiger partial charge on any atom is 0.418 e. The van der Waals surface area contributed by atoms with Crippen LogP contribution < -0.4 is 0 Å². The molecule has 0 unspecified atom stereocenters. The van der Waals surface area contributed by atoms with Gasteiger partial charge in [0, 0.05) is 16.4 Å². The molecule has 34 heavy (non-hydrogen) atoms. The Balaban J connectivity index is 2.26. The van der Waals surface area contributed by atoms with E-state index in [0.29, 0.717) is 17.0 Å². The van der Waals surface area contributed by atoms with Crippen LogP contribution in [0.4, 0.5) is 13.2 Å². The summed E-state index contributed by atoms with van der Waals surface area (Å²) in [4.78, 5) is -0.897. The third kappa shape index (κ3) is 4.88. The largest absolute Gasteiger partial charge is 0.418 e. The first-order valence-corrected chi connectivity index (χ1v) is 12.2. The van der Waals surface area contributed by atoms with Crippen LogP contribution in [0.5, 0.6) is 0 Å². The quantitative estimate of drug-likeness (QED) is 0.322. The van der Waals surface area contributed by atoms with E-state index in [9.17, 15) is 26.9 Å². The highest BCUT2D eigenvalue weighted by molar-refractivity contribution is 7.95. The molecule has 4 nitrogen and oxygen atoms in total. The molecule has 2 aromatic carbocycles. The third-order valence-corrected chi connectivity index (χ3v) is 7.61. The first-order chi connectivity index (χ1) is 15.8. The van der Waals surface area contributed by atoms with Gasteiger partial charge in [-0.3, -0.25) is 0 Å². The normalized spacial score (nSPS) is 12.8. The zero-order valence-corrected chi connectivity index (χ0v) is 20.6. The average Bonchev–Trinajstić information content (AvgIpc) is 3.07. The Bertz CT molecular complexity index is 1430. The van der Waals surface area contributed by atoms with E-state index in [1.54, 1.807) is 19.1 Å². The van der Waals surface area contributed by atoms with Crippen molar-refractivity contribution in [3.05, 3.63) is 86.0 Å². The minimum Gasteiger partial charge on any atom is -0.317 e. The number of sulfone groups is 1. The molecule has 178 valence electrons. The number of hydrogen-bond acceptors (Lipinski definition) is 3. The molecular formula is C24H19Cl2F3N2O2S. The number of halogens is 5. The second-order valence-corrected chi connectivity index (χ2v) is 10.5. The maximum atomic E-state index is 13.7. The second kappa shape index (κ2) is 9.49. The van der Waals surface area contributed by atoms with E-state index >= 15 is 0 Å². The van der Waals surface area contributed by atoms with Gasteiger partial charge in [0.15, 0.2) is 0 Å². The zero-order chi connectivity index (χ0) is 25.4. The summed E-state index contributed by atoms with van der Waals surface area (Å²) >= 11 is 11.9. The van der Waals surface area contributed by atoms with E-state index in [1.165, 1.54) is 41.0 Å². The third-order valence-electron chi connectivity index (χ3n) is 5.23. The summed E-state index contributed by atoms with van der Waals surface area (Å²) in [5, 5.41) is 9.73. The van der Waals surface area contributed by atoms with Crippen LogP contribution in [0.25, 0.3) is 11.8 Å². The number of aromatic nitrogens is 1. The molecular weight excluding hydrogens is 508 g/mol. The maximum absolute atomic E-state index is 13.7. The number of hydrogen-bond donors (Lipinski definition) is 0. The van der Waals surface area contributed by atoms with Crippen LogP contribution in [0.1, 0.15) is 42.3 Å². The molecule has 0 bridgehead atoms. The molecule has 3 rings (SSSR count). The number of allylic oxidation sites excluding steroid dienone is 1. The van der Waals surface area contributed by atoms with Gasteiger partial charge in [-0.2, -0.15) is 18.4 Å². The molecule has 0 amide bonds. The highest BCUT2D eigenvalue weighted by Gasteiger charge is 2.35. The highest BCUT2D eigenvalue weighted by atomic mass is 35.5. The van der Waals surface area contributed by atoms with Crippen LogP contribution in [0, 0.1) is 18.3 Å². The summed E-state index contributed by atoms with van der Waals surface area (Å²) in [7, 11) is -4.31. The molecule has 0 aliphatic rings. The first-order valence-electron chi connectivity index (χ1n) is 9.99. The van der Waals surface area contributed by atoms with Gasteiger partial charge in [-0.15, -0.1) is 0 Å². The topological polar surface area (TPSA) is 62.9 Å². The van der Waals surface area contributed by atoms with Gasteiger partial charge in [0.2, 0.25) is 9.84 Å². The number of nitrogens with zero attached hydrogens (tertiary/aromatic N) is 2. The van der Waals surface area contributed by atoms with E-state index in [-0.39, 0.29) is 26.5 Å². The Morgan fingerprint density at radius 3 is 2.32 bits per heavy atom. The summed E-state index contributed by atoms with van der Waals surface area (Å²) in [5.41, 5.74) is 0.265. The fourth-order valence-electron chi connectivity index (χ4n) is 3.57. The van der Waals surface area contributed by atoms with E-state index in [2.05, 4.69) is 0 Å². The number of rotatable bonds is 5. The number of alkyl halides is 3. The lowest BCUT2D eigenvalue weighted by Crippen LogP contribution is -2.13. The minimum absolute atomic E-state index is 0.0852. The standard InChI is InChI=1S/C24H19Cl2F3N2O2S/c1-14(2)22-11-16(15(3)31(22)21-7-5-4-6-19(21)24(27,28)29)10-18(13-30)34(32,33)23-9-8-17(25)12-20(23)26/h4-12,14H,1-3H3/b18-10+. The lowest BCUT2D eigenvalue weighted by atomic mass is 10.1. The SMILES string of the molecule is Cc1c(/C=C(\C#N)S(=O)(=O)c2ccc(Cl)cc2Cl)cc(C(C)C)n1-c1ccccc1C(F)(F)F. The van der Waals surface area contributed by atoms with Crippen molar-refractivity contribution in [1.29, 1.82) is 5.26 Å². The molecule has 0 saturated heterocycles. The molecule has 1 aromatic heterocycles. The molecule has 0 aliphatic heterocycles. The molecule has 3 aromatic rings. The Labute approximate surface area is 205 Å². The second-order valence-electron chi connectivity index (χ2n) is 7.81.